The number of rotatable bonds is 5. The summed E-state index contributed by atoms with van der Waals surface area (Å²) in [5.74, 6) is 0.670. The Labute approximate surface area is 174 Å². The van der Waals surface area contributed by atoms with Crippen LogP contribution in [0.3, 0.4) is 0 Å². The third-order valence-electron chi connectivity index (χ3n) is 5.16. The van der Waals surface area contributed by atoms with E-state index in [-0.39, 0.29) is 17.9 Å². The average Bonchev–Trinajstić information content (AvgIpc) is 2.75. The molecule has 0 fully saturated rings. The third kappa shape index (κ3) is 4.43. The van der Waals surface area contributed by atoms with Gasteiger partial charge in [-0.1, -0.05) is 60.3 Å². The van der Waals surface area contributed by atoms with Crippen molar-refractivity contribution < 1.29 is 4.79 Å². The van der Waals surface area contributed by atoms with E-state index >= 15 is 0 Å². The van der Waals surface area contributed by atoms with Gasteiger partial charge in [-0.3, -0.25) is 9.59 Å². The van der Waals surface area contributed by atoms with Crippen molar-refractivity contribution in [3.8, 4) is 0 Å². The van der Waals surface area contributed by atoms with Gasteiger partial charge in [0.15, 0.2) is 5.16 Å². The van der Waals surface area contributed by atoms with Crippen molar-refractivity contribution in [2.75, 3.05) is 11.4 Å². The van der Waals surface area contributed by atoms with Crippen LogP contribution in [0.25, 0.3) is 0 Å². The van der Waals surface area contributed by atoms with E-state index in [1.807, 2.05) is 48.5 Å². The summed E-state index contributed by atoms with van der Waals surface area (Å²) in [5, 5.41) is 0.580. The zero-order valence-electron chi connectivity index (χ0n) is 16.4. The molecule has 0 saturated carbocycles. The van der Waals surface area contributed by atoms with E-state index in [1.54, 1.807) is 11.8 Å². The van der Waals surface area contributed by atoms with Gasteiger partial charge in [0, 0.05) is 29.2 Å². The summed E-state index contributed by atoms with van der Waals surface area (Å²) in [4.78, 5) is 34.8. The molecule has 6 heteroatoms. The van der Waals surface area contributed by atoms with E-state index in [0.717, 1.165) is 24.3 Å². The SMILES string of the molecule is Cc1nc(SCc2ccccc2)[nH]c(=O)c1CC(=O)N1CCCc2ccccc21. The van der Waals surface area contributed by atoms with Crippen molar-refractivity contribution in [2.24, 2.45) is 0 Å². The number of para-hydroxylation sites is 1. The lowest BCUT2D eigenvalue weighted by Gasteiger charge is -2.29. The Morgan fingerprint density at radius 2 is 1.90 bits per heavy atom. The Balaban J connectivity index is 1.49. The first-order valence-electron chi connectivity index (χ1n) is 9.76. The highest BCUT2D eigenvalue weighted by atomic mass is 32.2. The number of carbonyl (C=O) groups excluding carboxylic acids is 1. The minimum absolute atomic E-state index is 0.0581. The predicted molar refractivity (Wildman–Crippen MR) is 116 cm³/mol. The average molecular weight is 406 g/mol. The molecule has 0 spiro atoms. The number of aromatic nitrogens is 2. The van der Waals surface area contributed by atoms with Gasteiger partial charge in [-0.15, -0.1) is 0 Å². The van der Waals surface area contributed by atoms with Crippen molar-refractivity contribution in [2.45, 2.75) is 37.1 Å². The molecule has 1 aliphatic heterocycles. The Morgan fingerprint density at radius 1 is 1.14 bits per heavy atom. The molecule has 3 aromatic rings. The summed E-state index contributed by atoms with van der Waals surface area (Å²) >= 11 is 1.49. The highest BCUT2D eigenvalue weighted by molar-refractivity contribution is 7.98. The van der Waals surface area contributed by atoms with E-state index < -0.39 is 0 Å². The Bertz CT molecular complexity index is 1080. The maximum Gasteiger partial charge on any atom is 0.255 e. The van der Waals surface area contributed by atoms with E-state index in [1.165, 1.54) is 22.9 Å². The summed E-state index contributed by atoms with van der Waals surface area (Å²) in [6, 6.07) is 18.0. The number of fused-ring (bicyclic) bond motifs is 1. The molecule has 1 N–H and O–H groups in total. The van der Waals surface area contributed by atoms with Crippen LogP contribution >= 0.6 is 11.8 Å². The maximum absolute atomic E-state index is 13.0. The molecule has 1 aromatic heterocycles. The quantitative estimate of drug-likeness (QED) is 0.517. The number of nitrogens with one attached hydrogen (secondary N) is 1. The molecule has 5 nitrogen and oxygen atoms in total. The summed E-state index contributed by atoms with van der Waals surface area (Å²) < 4.78 is 0. The highest BCUT2D eigenvalue weighted by Crippen LogP contribution is 2.27. The number of carbonyl (C=O) groups is 1. The van der Waals surface area contributed by atoms with Crippen LogP contribution in [0.15, 0.2) is 64.5 Å². The summed E-state index contributed by atoms with van der Waals surface area (Å²) in [6.07, 6.45) is 1.98. The smallest absolute Gasteiger partial charge is 0.255 e. The summed E-state index contributed by atoms with van der Waals surface area (Å²) in [6.45, 7) is 2.49. The van der Waals surface area contributed by atoms with Crippen LogP contribution in [0.1, 0.15) is 28.8 Å². The molecule has 0 aliphatic carbocycles. The number of hydrogen-bond acceptors (Lipinski definition) is 4. The number of H-pyrrole nitrogens is 1. The van der Waals surface area contributed by atoms with Gasteiger partial charge in [-0.25, -0.2) is 4.98 Å². The lowest BCUT2D eigenvalue weighted by atomic mass is 10.0. The summed E-state index contributed by atoms with van der Waals surface area (Å²) in [7, 11) is 0. The monoisotopic (exact) mass is 405 g/mol. The number of thioether (sulfide) groups is 1. The molecule has 148 valence electrons. The molecule has 0 saturated heterocycles. The largest absolute Gasteiger partial charge is 0.312 e. The molecular weight excluding hydrogens is 382 g/mol. The fraction of sp³-hybridized carbons (Fsp3) is 0.261. The van der Waals surface area contributed by atoms with Crippen LogP contribution in [0.2, 0.25) is 0 Å². The van der Waals surface area contributed by atoms with Crippen molar-refractivity contribution in [1.29, 1.82) is 0 Å². The molecular formula is C23H23N3O2S. The Kier molecular flexibility index (Phi) is 5.81. The highest BCUT2D eigenvalue weighted by Gasteiger charge is 2.24. The van der Waals surface area contributed by atoms with Crippen LogP contribution in [0.5, 0.6) is 0 Å². The fourth-order valence-corrected chi connectivity index (χ4v) is 4.49. The summed E-state index contributed by atoms with van der Waals surface area (Å²) in [5.41, 5.74) is 4.14. The zero-order valence-corrected chi connectivity index (χ0v) is 17.2. The molecule has 0 atom stereocenters. The van der Waals surface area contributed by atoms with Gasteiger partial charge in [0.2, 0.25) is 5.91 Å². The predicted octanol–water partition coefficient (Wildman–Crippen LogP) is 3.89. The van der Waals surface area contributed by atoms with Crippen molar-refractivity contribution in [1.82, 2.24) is 9.97 Å². The lowest BCUT2D eigenvalue weighted by molar-refractivity contribution is -0.118. The molecule has 29 heavy (non-hydrogen) atoms. The Hall–Kier alpha value is -2.86. The molecule has 1 aliphatic rings. The normalized spacial score (nSPS) is 13.2. The van der Waals surface area contributed by atoms with Crippen molar-refractivity contribution >= 4 is 23.4 Å². The zero-order chi connectivity index (χ0) is 20.2. The van der Waals surface area contributed by atoms with Gasteiger partial charge in [0.1, 0.15) is 0 Å². The number of aromatic amines is 1. The molecule has 2 aromatic carbocycles. The molecule has 4 rings (SSSR count). The lowest BCUT2D eigenvalue weighted by Crippen LogP contribution is -2.37. The maximum atomic E-state index is 13.0. The minimum atomic E-state index is -0.230. The number of aryl methyl sites for hydroxylation is 2. The van der Waals surface area contributed by atoms with E-state index in [2.05, 4.69) is 16.0 Å². The number of amides is 1. The molecule has 0 unspecified atom stereocenters. The van der Waals surface area contributed by atoms with Gasteiger partial charge >= 0.3 is 0 Å². The van der Waals surface area contributed by atoms with Gasteiger partial charge in [0.25, 0.3) is 5.56 Å². The fourth-order valence-electron chi connectivity index (χ4n) is 3.63. The van der Waals surface area contributed by atoms with Crippen LogP contribution in [0, 0.1) is 6.92 Å². The first-order chi connectivity index (χ1) is 14.1. The van der Waals surface area contributed by atoms with Gasteiger partial charge in [-0.05, 0) is 37.0 Å². The van der Waals surface area contributed by atoms with E-state index in [4.69, 9.17) is 0 Å². The van der Waals surface area contributed by atoms with Gasteiger partial charge in [0.05, 0.1) is 6.42 Å². The number of nitrogens with zero attached hydrogens (tertiary/aromatic N) is 2. The minimum Gasteiger partial charge on any atom is -0.312 e. The molecule has 2 heterocycles. The van der Waals surface area contributed by atoms with Crippen molar-refractivity contribution in [3.63, 3.8) is 0 Å². The number of anilines is 1. The van der Waals surface area contributed by atoms with Gasteiger partial charge < -0.3 is 9.88 Å². The van der Waals surface area contributed by atoms with E-state index in [9.17, 15) is 9.59 Å². The second kappa shape index (κ2) is 8.66. The second-order valence-corrected chi connectivity index (χ2v) is 8.13. The molecule has 0 radical (unpaired) electrons. The standard InChI is InChI=1S/C23H23N3O2S/c1-16-19(14-21(27)26-13-7-11-18-10-5-6-12-20(18)26)22(28)25-23(24-16)29-15-17-8-3-2-4-9-17/h2-6,8-10,12H,7,11,13-15H2,1H3,(H,24,25,28). The molecule has 0 bridgehead atoms. The van der Waals surface area contributed by atoms with E-state index in [0.29, 0.717) is 23.0 Å². The first-order valence-corrected chi connectivity index (χ1v) is 10.7. The second-order valence-electron chi connectivity index (χ2n) is 7.16. The third-order valence-corrected chi connectivity index (χ3v) is 6.10. The Morgan fingerprint density at radius 3 is 2.69 bits per heavy atom. The number of benzene rings is 2. The van der Waals surface area contributed by atoms with Crippen LogP contribution in [-0.4, -0.2) is 22.4 Å². The topological polar surface area (TPSA) is 66.1 Å². The van der Waals surface area contributed by atoms with Crippen LogP contribution in [0.4, 0.5) is 5.69 Å². The van der Waals surface area contributed by atoms with Gasteiger partial charge in [-0.2, -0.15) is 0 Å². The first kappa shape index (κ1) is 19.5. The van der Waals surface area contributed by atoms with Crippen LogP contribution < -0.4 is 10.5 Å². The number of hydrogen-bond donors (Lipinski definition) is 1. The van der Waals surface area contributed by atoms with Crippen LogP contribution in [-0.2, 0) is 23.4 Å². The van der Waals surface area contributed by atoms with Crippen molar-refractivity contribution in [3.05, 3.63) is 87.3 Å². The molecule has 1 amide bonds.